The van der Waals surface area contributed by atoms with Crippen LogP contribution in [-0.2, 0) is 9.47 Å². The maximum absolute atomic E-state index is 12.5. The minimum atomic E-state index is -0.0993. The molecule has 1 amide bonds. The lowest BCUT2D eigenvalue weighted by Gasteiger charge is -2.22. The average molecular weight is 315 g/mol. The molecule has 0 heterocycles. The number of nitrogens with two attached hydrogens (primary N) is 1. The third kappa shape index (κ3) is 5.91. The molecule has 0 aromatic heterocycles. The summed E-state index contributed by atoms with van der Waals surface area (Å²) in [6.07, 6.45) is 0. The van der Waals surface area contributed by atoms with E-state index in [1.165, 1.54) is 0 Å². The summed E-state index contributed by atoms with van der Waals surface area (Å²) in [5.41, 5.74) is 6.67. The number of hydrogen-bond donors (Lipinski definition) is 1. The third-order valence-corrected chi connectivity index (χ3v) is 3.29. The molecule has 0 saturated carbocycles. The molecule has 1 aromatic carbocycles. The summed E-state index contributed by atoms with van der Waals surface area (Å²) in [5.74, 6) is -0.0993. The highest BCUT2D eigenvalue weighted by Gasteiger charge is 2.16. The van der Waals surface area contributed by atoms with Crippen molar-refractivity contribution in [2.75, 3.05) is 45.3 Å². The molecule has 5 nitrogen and oxygen atoms in total. The van der Waals surface area contributed by atoms with Crippen LogP contribution < -0.4 is 5.73 Å². The molecule has 0 aliphatic rings. The van der Waals surface area contributed by atoms with Crippen molar-refractivity contribution in [3.8, 4) is 0 Å². The lowest BCUT2D eigenvalue weighted by Crippen LogP contribution is -2.36. The first-order valence-electron chi connectivity index (χ1n) is 7.09. The van der Waals surface area contributed by atoms with Crippen LogP contribution in [0.15, 0.2) is 18.2 Å². The van der Waals surface area contributed by atoms with Gasteiger partial charge in [0.15, 0.2) is 0 Å². The van der Waals surface area contributed by atoms with Crippen molar-refractivity contribution in [1.29, 1.82) is 0 Å². The zero-order valence-electron chi connectivity index (χ0n) is 12.6. The van der Waals surface area contributed by atoms with E-state index in [2.05, 4.69) is 0 Å². The predicted molar refractivity (Wildman–Crippen MR) is 84.8 cm³/mol. The van der Waals surface area contributed by atoms with Gasteiger partial charge in [0.2, 0.25) is 0 Å². The Morgan fingerprint density at radius 2 is 1.76 bits per heavy atom. The van der Waals surface area contributed by atoms with Crippen LogP contribution in [-0.4, -0.2) is 50.3 Å². The zero-order valence-corrected chi connectivity index (χ0v) is 13.4. The van der Waals surface area contributed by atoms with Crippen molar-refractivity contribution in [1.82, 2.24) is 4.90 Å². The smallest absolute Gasteiger partial charge is 0.254 e. The molecule has 0 saturated heterocycles. The van der Waals surface area contributed by atoms with Crippen molar-refractivity contribution in [3.63, 3.8) is 0 Å². The van der Waals surface area contributed by atoms with Crippen LogP contribution >= 0.6 is 11.6 Å². The maximum atomic E-state index is 12.5. The Labute approximate surface area is 131 Å². The number of rotatable bonds is 9. The van der Waals surface area contributed by atoms with Crippen LogP contribution in [0.5, 0.6) is 0 Å². The fourth-order valence-corrected chi connectivity index (χ4v) is 1.93. The molecule has 21 heavy (non-hydrogen) atoms. The first-order valence-corrected chi connectivity index (χ1v) is 7.47. The molecule has 0 aliphatic carbocycles. The highest BCUT2D eigenvalue weighted by molar-refractivity contribution is 6.33. The van der Waals surface area contributed by atoms with E-state index >= 15 is 0 Å². The van der Waals surface area contributed by atoms with E-state index in [1.54, 1.807) is 23.1 Å². The van der Waals surface area contributed by atoms with Crippen molar-refractivity contribution in [2.24, 2.45) is 0 Å². The molecule has 0 bridgehead atoms. The molecule has 118 valence electrons. The van der Waals surface area contributed by atoms with Gasteiger partial charge in [-0.25, -0.2) is 0 Å². The van der Waals surface area contributed by atoms with Gasteiger partial charge in [0, 0.05) is 31.9 Å². The van der Waals surface area contributed by atoms with E-state index in [0.29, 0.717) is 55.8 Å². The van der Waals surface area contributed by atoms with Crippen LogP contribution in [0, 0.1) is 0 Å². The van der Waals surface area contributed by atoms with E-state index in [-0.39, 0.29) is 5.91 Å². The van der Waals surface area contributed by atoms with Gasteiger partial charge < -0.3 is 20.1 Å². The molecule has 0 fully saturated rings. The molecule has 1 rings (SSSR count). The average Bonchev–Trinajstić information content (AvgIpc) is 2.48. The first-order chi connectivity index (χ1) is 10.1. The van der Waals surface area contributed by atoms with Gasteiger partial charge in [-0.1, -0.05) is 11.6 Å². The summed E-state index contributed by atoms with van der Waals surface area (Å²) in [4.78, 5) is 14.2. The van der Waals surface area contributed by atoms with Gasteiger partial charge in [-0.3, -0.25) is 4.79 Å². The second kappa shape index (κ2) is 9.60. The summed E-state index contributed by atoms with van der Waals surface area (Å²) < 4.78 is 10.6. The zero-order chi connectivity index (χ0) is 15.7. The van der Waals surface area contributed by atoms with E-state index in [9.17, 15) is 4.79 Å². The van der Waals surface area contributed by atoms with Gasteiger partial charge in [0.05, 0.1) is 23.9 Å². The Morgan fingerprint density at radius 3 is 2.24 bits per heavy atom. The topological polar surface area (TPSA) is 64.8 Å². The van der Waals surface area contributed by atoms with E-state index < -0.39 is 0 Å². The SMILES string of the molecule is CCOCCN(CCOCC)C(=O)c1ccc(Cl)c(N)c1. The second-order valence-electron chi connectivity index (χ2n) is 4.42. The standard InChI is InChI=1S/C15H23ClN2O3/c1-3-20-9-7-18(8-10-21-4-2)15(19)12-5-6-13(16)14(17)11-12/h5-6,11H,3-4,7-10,17H2,1-2H3. The number of carbonyl (C=O) groups is 1. The lowest BCUT2D eigenvalue weighted by atomic mass is 10.1. The number of benzene rings is 1. The van der Waals surface area contributed by atoms with Gasteiger partial charge >= 0.3 is 0 Å². The number of anilines is 1. The fraction of sp³-hybridized carbons (Fsp3) is 0.533. The minimum Gasteiger partial charge on any atom is -0.398 e. The molecular formula is C15H23ClN2O3. The van der Waals surface area contributed by atoms with E-state index in [0.717, 1.165) is 0 Å². The molecule has 0 atom stereocenters. The van der Waals surface area contributed by atoms with Crippen LogP contribution in [0.2, 0.25) is 5.02 Å². The number of halogens is 1. The summed E-state index contributed by atoms with van der Waals surface area (Å²) >= 11 is 5.88. The molecule has 2 N–H and O–H groups in total. The number of ether oxygens (including phenoxy) is 2. The van der Waals surface area contributed by atoms with Gasteiger partial charge in [-0.05, 0) is 32.0 Å². The Bertz CT molecular complexity index is 445. The Morgan fingerprint density at radius 1 is 1.19 bits per heavy atom. The van der Waals surface area contributed by atoms with Crippen molar-refractivity contribution in [2.45, 2.75) is 13.8 Å². The normalized spacial score (nSPS) is 10.6. The van der Waals surface area contributed by atoms with Gasteiger partial charge in [0.1, 0.15) is 0 Å². The number of carbonyl (C=O) groups excluding carboxylic acids is 1. The maximum Gasteiger partial charge on any atom is 0.254 e. The van der Waals surface area contributed by atoms with Crippen LogP contribution in [0.1, 0.15) is 24.2 Å². The molecule has 0 radical (unpaired) electrons. The monoisotopic (exact) mass is 314 g/mol. The van der Waals surface area contributed by atoms with Gasteiger partial charge in [-0.15, -0.1) is 0 Å². The number of nitrogen functional groups attached to an aromatic ring is 1. The van der Waals surface area contributed by atoms with Crippen LogP contribution in [0.4, 0.5) is 5.69 Å². The Hall–Kier alpha value is -1.30. The van der Waals surface area contributed by atoms with Crippen LogP contribution in [0.25, 0.3) is 0 Å². The van der Waals surface area contributed by atoms with Crippen molar-refractivity contribution >= 4 is 23.2 Å². The number of hydrogen-bond acceptors (Lipinski definition) is 4. The molecule has 0 aliphatic heterocycles. The molecule has 0 unspecified atom stereocenters. The van der Waals surface area contributed by atoms with Crippen molar-refractivity contribution < 1.29 is 14.3 Å². The van der Waals surface area contributed by atoms with Crippen LogP contribution in [0.3, 0.4) is 0 Å². The highest BCUT2D eigenvalue weighted by Crippen LogP contribution is 2.20. The molecular weight excluding hydrogens is 292 g/mol. The Balaban J connectivity index is 2.73. The minimum absolute atomic E-state index is 0.0993. The fourth-order valence-electron chi connectivity index (χ4n) is 1.81. The summed E-state index contributed by atoms with van der Waals surface area (Å²) in [6, 6.07) is 4.90. The summed E-state index contributed by atoms with van der Waals surface area (Å²) in [6.45, 7) is 7.13. The molecule has 6 heteroatoms. The van der Waals surface area contributed by atoms with E-state index in [1.807, 2.05) is 13.8 Å². The quantitative estimate of drug-likeness (QED) is 0.561. The molecule has 0 spiro atoms. The Kier molecular flexibility index (Phi) is 8.12. The van der Waals surface area contributed by atoms with E-state index in [4.69, 9.17) is 26.8 Å². The number of amides is 1. The predicted octanol–water partition coefficient (Wildman–Crippen LogP) is 2.44. The largest absolute Gasteiger partial charge is 0.398 e. The van der Waals surface area contributed by atoms with Crippen molar-refractivity contribution in [3.05, 3.63) is 28.8 Å². The summed E-state index contributed by atoms with van der Waals surface area (Å²) in [5, 5.41) is 0.446. The lowest BCUT2D eigenvalue weighted by molar-refractivity contribution is 0.0550. The van der Waals surface area contributed by atoms with Gasteiger partial charge in [-0.2, -0.15) is 0 Å². The third-order valence-electron chi connectivity index (χ3n) is 2.95. The number of nitrogens with zero attached hydrogens (tertiary/aromatic N) is 1. The first kappa shape index (κ1) is 17.8. The molecule has 1 aromatic rings. The second-order valence-corrected chi connectivity index (χ2v) is 4.83. The highest BCUT2D eigenvalue weighted by atomic mass is 35.5. The summed E-state index contributed by atoms with van der Waals surface area (Å²) in [7, 11) is 0. The van der Waals surface area contributed by atoms with Gasteiger partial charge in [0.25, 0.3) is 5.91 Å².